The van der Waals surface area contributed by atoms with Gasteiger partial charge in [0.05, 0.1) is 11.8 Å². The Balaban J connectivity index is 1.46. The number of ether oxygens (including phenoxy) is 1. The van der Waals surface area contributed by atoms with E-state index in [4.69, 9.17) is 9.26 Å². The van der Waals surface area contributed by atoms with Crippen LogP contribution in [0.2, 0.25) is 0 Å². The first kappa shape index (κ1) is 17.3. The van der Waals surface area contributed by atoms with Gasteiger partial charge in [-0.15, -0.1) is 0 Å². The molecule has 1 aliphatic rings. The van der Waals surface area contributed by atoms with Gasteiger partial charge in [0.15, 0.2) is 11.5 Å². The van der Waals surface area contributed by atoms with Gasteiger partial charge in [-0.3, -0.25) is 9.48 Å². The molecule has 1 atom stereocenters. The van der Waals surface area contributed by atoms with Gasteiger partial charge in [0.2, 0.25) is 0 Å². The van der Waals surface area contributed by atoms with Crippen LogP contribution in [0.1, 0.15) is 35.5 Å². The monoisotopic (exact) mass is 366 g/mol. The molecule has 0 bridgehead atoms. The Hall–Kier alpha value is -3.09. The van der Waals surface area contributed by atoms with Gasteiger partial charge in [0.1, 0.15) is 11.9 Å². The fourth-order valence-corrected chi connectivity index (χ4v) is 3.29. The van der Waals surface area contributed by atoms with Crippen LogP contribution in [0, 0.1) is 0 Å². The molecule has 1 amide bonds. The van der Waals surface area contributed by atoms with Crippen LogP contribution in [-0.2, 0) is 19.5 Å². The first-order valence-electron chi connectivity index (χ1n) is 9.07. The van der Waals surface area contributed by atoms with Gasteiger partial charge in [-0.1, -0.05) is 17.3 Å². The Morgan fingerprint density at radius 1 is 1.37 bits per heavy atom. The highest BCUT2D eigenvalue weighted by Gasteiger charge is 2.21. The van der Waals surface area contributed by atoms with E-state index in [0.717, 1.165) is 29.8 Å². The predicted molar refractivity (Wildman–Crippen MR) is 99.4 cm³/mol. The zero-order chi connectivity index (χ0) is 19.0. The third-order valence-corrected chi connectivity index (χ3v) is 4.70. The van der Waals surface area contributed by atoms with Gasteiger partial charge >= 0.3 is 0 Å². The van der Waals surface area contributed by atoms with Crippen LogP contribution in [0.15, 0.2) is 41.2 Å². The first-order valence-corrected chi connectivity index (χ1v) is 9.07. The summed E-state index contributed by atoms with van der Waals surface area (Å²) in [5.41, 5.74) is 3.35. The minimum Gasteiger partial charge on any atom is -0.490 e. The van der Waals surface area contributed by atoms with Crippen molar-refractivity contribution in [2.45, 2.75) is 39.5 Å². The molecule has 27 heavy (non-hydrogen) atoms. The molecule has 1 aliphatic heterocycles. The lowest BCUT2D eigenvalue weighted by Gasteiger charge is -2.16. The van der Waals surface area contributed by atoms with E-state index >= 15 is 0 Å². The Kier molecular flexibility index (Phi) is 4.43. The minimum absolute atomic E-state index is 0.182. The second-order valence-corrected chi connectivity index (χ2v) is 6.90. The van der Waals surface area contributed by atoms with Crippen LogP contribution in [0.5, 0.6) is 5.75 Å². The highest BCUT2D eigenvalue weighted by molar-refractivity contribution is 5.92. The number of fused-ring (bicyclic) bond motifs is 1. The molecule has 140 valence electrons. The molecule has 0 fully saturated rings. The summed E-state index contributed by atoms with van der Waals surface area (Å²) in [5, 5.41) is 8.15. The number of amides is 1. The summed E-state index contributed by atoms with van der Waals surface area (Å²) in [7, 11) is 1.76. The lowest BCUT2D eigenvalue weighted by Crippen LogP contribution is -2.26. The fourth-order valence-electron chi connectivity index (χ4n) is 3.29. The number of benzene rings is 1. The topological polar surface area (TPSA) is 73.4 Å². The smallest absolute Gasteiger partial charge is 0.276 e. The van der Waals surface area contributed by atoms with Crippen molar-refractivity contribution in [3.8, 4) is 17.1 Å². The van der Waals surface area contributed by atoms with Crippen molar-refractivity contribution in [1.82, 2.24) is 19.8 Å². The van der Waals surface area contributed by atoms with Crippen molar-refractivity contribution in [2.75, 3.05) is 7.05 Å². The summed E-state index contributed by atoms with van der Waals surface area (Å²) in [6, 6.07) is 7.74. The summed E-state index contributed by atoms with van der Waals surface area (Å²) in [5.74, 6) is 1.29. The summed E-state index contributed by atoms with van der Waals surface area (Å²) in [6.45, 7) is 5.33. The van der Waals surface area contributed by atoms with Crippen molar-refractivity contribution in [3.05, 3.63) is 53.5 Å². The molecule has 0 spiro atoms. The zero-order valence-electron chi connectivity index (χ0n) is 15.7. The average Bonchev–Trinajstić information content (AvgIpc) is 3.38. The van der Waals surface area contributed by atoms with Crippen molar-refractivity contribution in [3.63, 3.8) is 0 Å². The average molecular weight is 366 g/mol. The maximum Gasteiger partial charge on any atom is 0.276 e. The molecule has 0 unspecified atom stereocenters. The highest BCUT2D eigenvalue weighted by atomic mass is 16.5. The SMILES string of the molecule is CCn1cc(-c2cc(C(=O)N(C)Cc3ccc4c(c3)C[C@H](C)O4)no2)cn1. The van der Waals surface area contributed by atoms with E-state index in [1.54, 1.807) is 28.9 Å². The summed E-state index contributed by atoms with van der Waals surface area (Å²) >= 11 is 0. The Bertz CT molecular complexity index is 975. The predicted octanol–water partition coefficient (Wildman–Crippen LogP) is 3.15. The maximum absolute atomic E-state index is 12.7. The quantitative estimate of drug-likeness (QED) is 0.693. The lowest BCUT2D eigenvalue weighted by molar-refractivity contribution is 0.0775. The van der Waals surface area contributed by atoms with Crippen LogP contribution in [-0.4, -0.2) is 38.9 Å². The van der Waals surface area contributed by atoms with Gasteiger partial charge in [-0.2, -0.15) is 5.10 Å². The van der Waals surface area contributed by atoms with Gasteiger partial charge in [0, 0.05) is 38.8 Å². The first-order chi connectivity index (χ1) is 13.0. The Morgan fingerprint density at radius 3 is 3.00 bits per heavy atom. The van der Waals surface area contributed by atoms with E-state index in [2.05, 4.69) is 23.2 Å². The van der Waals surface area contributed by atoms with E-state index in [9.17, 15) is 4.79 Å². The summed E-state index contributed by atoms with van der Waals surface area (Å²) in [4.78, 5) is 14.3. The standard InChI is InChI=1S/C20H22N4O3/c1-4-24-12-16(10-21-24)19-9-17(22-27-19)20(25)23(3)11-14-5-6-18-15(8-14)7-13(2)26-18/h5-6,8-10,12-13H,4,7,11H2,1-3H3/t13-/m0/s1. The fraction of sp³-hybridized carbons (Fsp3) is 0.350. The number of hydrogen-bond donors (Lipinski definition) is 0. The molecule has 2 aromatic heterocycles. The van der Waals surface area contributed by atoms with Gasteiger partial charge < -0.3 is 14.2 Å². The van der Waals surface area contributed by atoms with Crippen LogP contribution in [0.25, 0.3) is 11.3 Å². The van der Waals surface area contributed by atoms with Gasteiger partial charge in [-0.05, 0) is 31.0 Å². The molecule has 0 saturated heterocycles. The molecule has 0 aliphatic carbocycles. The summed E-state index contributed by atoms with van der Waals surface area (Å²) in [6.07, 6.45) is 4.68. The van der Waals surface area contributed by atoms with E-state index in [1.165, 1.54) is 5.56 Å². The van der Waals surface area contributed by atoms with Crippen LogP contribution in [0.4, 0.5) is 0 Å². The van der Waals surface area contributed by atoms with E-state index in [1.807, 2.05) is 25.3 Å². The molecule has 4 rings (SSSR count). The number of nitrogens with zero attached hydrogens (tertiary/aromatic N) is 4. The third-order valence-electron chi connectivity index (χ3n) is 4.70. The summed E-state index contributed by atoms with van der Waals surface area (Å²) < 4.78 is 12.9. The van der Waals surface area contributed by atoms with E-state index in [-0.39, 0.29) is 17.7 Å². The third kappa shape index (κ3) is 3.45. The van der Waals surface area contributed by atoms with Gasteiger partial charge in [-0.25, -0.2) is 0 Å². The van der Waals surface area contributed by atoms with Crippen LogP contribution in [0.3, 0.4) is 0 Å². The van der Waals surface area contributed by atoms with Gasteiger partial charge in [0.25, 0.3) is 5.91 Å². The Morgan fingerprint density at radius 2 is 2.22 bits per heavy atom. The number of rotatable bonds is 5. The molecule has 7 nitrogen and oxygen atoms in total. The highest BCUT2D eigenvalue weighted by Crippen LogP contribution is 2.29. The van der Waals surface area contributed by atoms with Crippen molar-refractivity contribution in [2.24, 2.45) is 0 Å². The van der Waals surface area contributed by atoms with E-state index < -0.39 is 0 Å². The normalized spacial score (nSPS) is 15.4. The largest absolute Gasteiger partial charge is 0.490 e. The zero-order valence-corrected chi connectivity index (χ0v) is 15.7. The molecule has 3 heterocycles. The second kappa shape index (κ2) is 6.90. The molecule has 0 saturated carbocycles. The number of aromatic nitrogens is 3. The number of carbonyl (C=O) groups excluding carboxylic acids is 1. The molecule has 1 aromatic carbocycles. The van der Waals surface area contributed by atoms with Crippen molar-refractivity contribution >= 4 is 5.91 Å². The van der Waals surface area contributed by atoms with Crippen LogP contribution >= 0.6 is 0 Å². The molecular weight excluding hydrogens is 344 g/mol. The molecule has 0 radical (unpaired) electrons. The van der Waals surface area contributed by atoms with Crippen molar-refractivity contribution < 1.29 is 14.1 Å². The van der Waals surface area contributed by atoms with Crippen LogP contribution < -0.4 is 4.74 Å². The minimum atomic E-state index is -0.182. The molecule has 3 aromatic rings. The number of hydrogen-bond acceptors (Lipinski definition) is 5. The number of aryl methyl sites for hydroxylation is 1. The molecule has 7 heteroatoms. The maximum atomic E-state index is 12.7. The van der Waals surface area contributed by atoms with Crippen molar-refractivity contribution in [1.29, 1.82) is 0 Å². The number of carbonyl (C=O) groups is 1. The lowest BCUT2D eigenvalue weighted by atomic mass is 10.1. The van der Waals surface area contributed by atoms with E-state index in [0.29, 0.717) is 12.3 Å². The second-order valence-electron chi connectivity index (χ2n) is 6.90. The molecular formula is C20H22N4O3. The Labute approximate surface area is 157 Å². The molecule has 0 N–H and O–H groups in total.